The van der Waals surface area contributed by atoms with Crippen molar-refractivity contribution in [2.24, 2.45) is 0 Å². The number of ether oxygens (including phenoxy) is 2. The first-order chi connectivity index (χ1) is 12.8. The zero-order valence-corrected chi connectivity index (χ0v) is 16.5. The van der Waals surface area contributed by atoms with Crippen molar-refractivity contribution in [3.63, 3.8) is 0 Å². The summed E-state index contributed by atoms with van der Waals surface area (Å²) in [7, 11) is 0. The van der Waals surface area contributed by atoms with E-state index in [1.807, 2.05) is 18.7 Å². The number of carbonyl (C=O) groups excluding carboxylic acids is 2. The molecule has 3 N–H and O–H groups in total. The molecule has 0 aliphatic carbocycles. The van der Waals surface area contributed by atoms with Gasteiger partial charge in [0.25, 0.3) is 0 Å². The quantitative estimate of drug-likeness (QED) is 0.587. The first-order valence-electron chi connectivity index (χ1n) is 10.1. The summed E-state index contributed by atoms with van der Waals surface area (Å²) in [4.78, 5) is 25.1. The molecule has 0 saturated carbocycles. The predicted molar refractivity (Wildman–Crippen MR) is 99.1 cm³/mol. The number of amides is 2. The Morgan fingerprint density at radius 2 is 1.93 bits per heavy atom. The molecule has 3 heterocycles. The van der Waals surface area contributed by atoms with Crippen molar-refractivity contribution in [2.75, 3.05) is 19.6 Å². The molecule has 0 aromatic heterocycles. The van der Waals surface area contributed by atoms with E-state index in [2.05, 4.69) is 10.6 Å². The van der Waals surface area contributed by atoms with Crippen LogP contribution in [0.3, 0.4) is 0 Å². The molecule has 0 aromatic rings. The van der Waals surface area contributed by atoms with Gasteiger partial charge in [0.2, 0.25) is 11.8 Å². The zero-order valence-electron chi connectivity index (χ0n) is 16.5. The second kappa shape index (κ2) is 8.86. The van der Waals surface area contributed by atoms with E-state index in [-0.39, 0.29) is 42.3 Å². The second-order valence-corrected chi connectivity index (χ2v) is 8.28. The summed E-state index contributed by atoms with van der Waals surface area (Å²) in [5.74, 6) is 0.101. The SMILES string of the molecule is CC(=O)N1CCC(NC[C@H]2O[C@@H]3C[C@@H](CC(=O)NC(C)C)O[C@@H]3[C@@H]2O)CC1. The summed E-state index contributed by atoms with van der Waals surface area (Å²) >= 11 is 0. The molecule has 2 amide bonds. The number of aliphatic hydroxyl groups excluding tert-OH is 1. The lowest BCUT2D eigenvalue weighted by Gasteiger charge is -2.32. The van der Waals surface area contributed by atoms with Crippen LogP contribution in [0.25, 0.3) is 0 Å². The Kier molecular flexibility index (Phi) is 6.73. The van der Waals surface area contributed by atoms with E-state index in [0.29, 0.717) is 25.4 Å². The van der Waals surface area contributed by atoms with Crippen molar-refractivity contribution in [2.45, 2.75) is 89.1 Å². The van der Waals surface area contributed by atoms with Crippen molar-refractivity contribution in [1.82, 2.24) is 15.5 Å². The van der Waals surface area contributed by atoms with Crippen LogP contribution in [0.1, 0.15) is 46.5 Å². The third-order valence-electron chi connectivity index (χ3n) is 5.69. The standard InChI is InChI=1S/C19H33N3O5/c1-11(2)21-17(24)9-14-8-15-19(26-14)18(25)16(27-15)10-20-13-4-6-22(7-5-13)12(3)23/h11,13-16,18-20,25H,4-10H2,1-3H3,(H,21,24)/t14-,15+,16+,18+,19-/m0/s1. The first-order valence-corrected chi connectivity index (χ1v) is 10.1. The van der Waals surface area contributed by atoms with Gasteiger partial charge in [-0.3, -0.25) is 9.59 Å². The van der Waals surface area contributed by atoms with Crippen LogP contribution >= 0.6 is 0 Å². The van der Waals surface area contributed by atoms with E-state index in [4.69, 9.17) is 9.47 Å². The van der Waals surface area contributed by atoms with Gasteiger partial charge in [-0.1, -0.05) is 0 Å². The van der Waals surface area contributed by atoms with E-state index < -0.39 is 6.10 Å². The molecule has 0 bridgehead atoms. The third kappa shape index (κ3) is 5.19. The number of nitrogens with zero attached hydrogens (tertiary/aromatic N) is 1. The van der Waals surface area contributed by atoms with Crippen LogP contribution in [0.5, 0.6) is 0 Å². The van der Waals surface area contributed by atoms with Gasteiger partial charge in [-0.05, 0) is 26.7 Å². The first kappa shape index (κ1) is 20.5. The minimum atomic E-state index is -0.682. The summed E-state index contributed by atoms with van der Waals surface area (Å²) in [5.41, 5.74) is 0. The number of aliphatic hydroxyl groups is 1. The maximum Gasteiger partial charge on any atom is 0.222 e. The molecule has 3 saturated heterocycles. The molecule has 0 unspecified atom stereocenters. The van der Waals surface area contributed by atoms with E-state index in [0.717, 1.165) is 25.9 Å². The van der Waals surface area contributed by atoms with Gasteiger partial charge in [-0.25, -0.2) is 0 Å². The average molecular weight is 383 g/mol. The molecule has 5 atom stereocenters. The molecular formula is C19H33N3O5. The average Bonchev–Trinajstić information content (AvgIpc) is 3.11. The molecule has 0 spiro atoms. The van der Waals surface area contributed by atoms with Crippen molar-refractivity contribution in [3.05, 3.63) is 0 Å². The lowest BCUT2D eigenvalue weighted by atomic mass is 10.0. The van der Waals surface area contributed by atoms with Crippen molar-refractivity contribution in [1.29, 1.82) is 0 Å². The highest BCUT2D eigenvalue weighted by atomic mass is 16.6. The number of nitrogens with one attached hydrogen (secondary N) is 2. The monoisotopic (exact) mass is 383 g/mol. The van der Waals surface area contributed by atoms with Crippen LogP contribution in [0.2, 0.25) is 0 Å². The van der Waals surface area contributed by atoms with E-state index in [1.54, 1.807) is 6.92 Å². The van der Waals surface area contributed by atoms with Gasteiger partial charge < -0.3 is 30.1 Å². The summed E-state index contributed by atoms with van der Waals surface area (Å²) in [6.07, 6.45) is 1.10. The van der Waals surface area contributed by atoms with E-state index in [9.17, 15) is 14.7 Å². The van der Waals surface area contributed by atoms with E-state index >= 15 is 0 Å². The highest BCUT2D eigenvalue weighted by molar-refractivity contribution is 5.76. The minimum Gasteiger partial charge on any atom is -0.388 e. The fraction of sp³-hybridized carbons (Fsp3) is 0.895. The molecule has 3 rings (SSSR count). The van der Waals surface area contributed by atoms with Gasteiger partial charge in [-0.15, -0.1) is 0 Å². The van der Waals surface area contributed by atoms with Gasteiger partial charge in [0.15, 0.2) is 0 Å². The molecule has 0 aromatic carbocycles. The van der Waals surface area contributed by atoms with Gasteiger partial charge in [0.05, 0.1) is 24.7 Å². The smallest absolute Gasteiger partial charge is 0.222 e. The van der Waals surface area contributed by atoms with Crippen molar-refractivity contribution >= 4 is 11.8 Å². The number of hydrogen-bond acceptors (Lipinski definition) is 6. The predicted octanol–water partition coefficient (Wildman–Crippen LogP) is -0.213. The fourth-order valence-corrected chi connectivity index (χ4v) is 4.28. The molecule has 3 aliphatic heterocycles. The number of fused-ring (bicyclic) bond motifs is 1. The Labute approximate surface area is 160 Å². The largest absolute Gasteiger partial charge is 0.388 e. The lowest BCUT2D eigenvalue weighted by molar-refractivity contribution is -0.130. The molecule has 0 radical (unpaired) electrons. The highest BCUT2D eigenvalue weighted by Crippen LogP contribution is 2.35. The summed E-state index contributed by atoms with van der Waals surface area (Å²) in [5, 5.41) is 16.9. The number of rotatable bonds is 6. The van der Waals surface area contributed by atoms with Gasteiger partial charge >= 0.3 is 0 Å². The Morgan fingerprint density at radius 3 is 2.52 bits per heavy atom. The minimum absolute atomic E-state index is 0.0282. The van der Waals surface area contributed by atoms with Gasteiger partial charge in [-0.2, -0.15) is 0 Å². The molecule has 3 aliphatic rings. The molecule has 154 valence electrons. The molecule has 3 fully saturated rings. The van der Waals surface area contributed by atoms with Crippen molar-refractivity contribution < 1.29 is 24.2 Å². The maximum absolute atomic E-state index is 11.9. The van der Waals surface area contributed by atoms with Crippen molar-refractivity contribution in [3.8, 4) is 0 Å². The normalized spacial score (nSPS) is 34.1. The number of likely N-dealkylation sites (tertiary alicyclic amines) is 1. The molecule has 8 heteroatoms. The zero-order chi connectivity index (χ0) is 19.6. The highest BCUT2D eigenvalue weighted by Gasteiger charge is 2.50. The van der Waals surface area contributed by atoms with E-state index in [1.165, 1.54) is 0 Å². The summed E-state index contributed by atoms with van der Waals surface area (Å²) in [6, 6.07) is 0.447. The Bertz CT molecular complexity index is 535. The fourth-order valence-electron chi connectivity index (χ4n) is 4.28. The summed E-state index contributed by atoms with van der Waals surface area (Å²) in [6.45, 7) is 7.58. The number of carbonyl (C=O) groups is 2. The Morgan fingerprint density at radius 1 is 1.22 bits per heavy atom. The second-order valence-electron chi connectivity index (χ2n) is 8.28. The lowest BCUT2D eigenvalue weighted by Crippen LogP contribution is -2.47. The van der Waals surface area contributed by atoms with Crippen LogP contribution in [0.15, 0.2) is 0 Å². The van der Waals surface area contributed by atoms with Crippen LogP contribution in [0.4, 0.5) is 0 Å². The molecule has 27 heavy (non-hydrogen) atoms. The maximum atomic E-state index is 11.9. The van der Waals surface area contributed by atoms with Crippen LogP contribution < -0.4 is 10.6 Å². The molecular weight excluding hydrogens is 350 g/mol. The topological polar surface area (TPSA) is 100 Å². The van der Waals surface area contributed by atoms with Crippen LogP contribution in [-0.2, 0) is 19.1 Å². The van der Waals surface area contributed by atoms with Crippen LogP contribution in [-0.4, -0.2) is 84.1 Å². The number of hydrogen-bond donors (Lipinski definition) is 3. The molecule has 8 nitrogen and oxygen atoms in total. The number of piperidine rings is 1. The third-order valence-corrected chi connectivity index (χ3v) is 5.69. The van der Waals surface area contributed by atoms with Crippen LogP contribution in [0, 0.1) is 0 Å². The Hall–Kier alpha value is -1.22. The van der Waals surface area contributed by atoms with Gasteiger partial charge in [0.1, 0.15) is 12.2 Å². The van der Waals surface area contributed by atoms with Gasteiger partial charge in [0, 0.05) is 45.1 Å². The Balaban J connectivity index is 1.39. The summed E-state index contributed by atoms with van der Waals surface area (Å²) < 4.78 is 11.9.